The Morgan fingerprint density at radius 3 is 2.29 bits per heavy atom. The van der Waals surface area contributed by atoms with Crippen LogP contribution in [0, 0.1) is 0 Å². The highest BCUT2D eigenvalue weighted by molar-refractivity contribution is 7.90. The summed E-state index contributed by atoms with van der Waals surface area (Å²) in [6.45, 7) is 0.171. The molecule has 2 N–H and O–H groups in total. The van der Waals surface area contributed by atoms with E-state index in [0.717, 1.165) is 4.31 Å². The molecule has 0 aliphatic heterocycles. The number of nitrogens with zero attached hydrogens (tertiary/aromatic N) is 1. The quantitative estimate of drug-likeness (QED) is 0.788. The predicted octanol–water partition coefficient (Wildman–Crippen LogP) is 0.935. The monoisotopic (exact) mass is 234 g/mol. The number of alkyl halides is 1. The van der Waals surface area contributed by atoms with Gasteiger partial charge in [0.1, 0.15) is 0 Å². The van der Waals surface area contributed by atoms with Crippen LogP contribution in [0.2, 0.25) is 0 Å². The first-order valence-corrected chi connectivity index (χ1v) is 6.01. The summed E-state index contributed by atoms with van der Waals surface area (Å²) in [5, 5.41) is 5.04. The van der Waals surface area contributed by atoms with Gasteiger partial charge >= 0.3 is 0 Å². The van der Waals surface area contributed by atoms with E-state index in [2.05, 4.69) is 0 Å². The molecule has 0 amide bonds. The zero-order chi connectivity index (χ0) is 10.6. The molecule has 0 aliphatic rings. The lowest BCUT2D eigenvalue weighted by Gasteiger charge is -2.20. The largest absolute Gasteiger partial charge is 0.299 e. The molecule has 6 heteroatoms. The zero-order valence-electron chi connectivity index (χ0n) is 7.43. The van der Waals surface area contributed by atoms with E-state index in [0.29, 0.717) is 5.69 Å². The van der Waals surface area contributed by atoms with Crippen molar-refractivity contribution in [2.45, 2.75) is 0 Å². The maximum absolute atomic E-state index is 11.2. The van der Waals surface area contributed by atoms with Gasteiger partial charge in [-0.25, -0.2) is 5.14 Å². The van der Waals surface area contributed by atoms with Gasteiger partial charge in [-0.1, -0.05) is 18.2 Å². The van der Waals surface area contributed by atoms with Crippen molar-refractivity contribution < 1.29 is 8.42 Å². The number of benzene rings is 1. The van der Waals surface area contributed by atoms with Crippen LogP contribution in [-0.4, -0.2) is 20.8 Å². The van der Waals surface area contributed by atoms with Crippen molar-refractivity contribution in [2.75, 3.05) is 16.7 Å². The van der Waals surface area contributed by atoms with Gasteiger partial charge in [-0.3, -0.25) is 4.31 Å². The molecule has 0 spiro atoms. The lowest BCUT2D eigenvalue weighted by Crippen LogP contribution is -2.38. The third kappa shape index (κ3) is 2.87. The molecule has 0 saturated heterocycles. The van der Waals surface area contributed by atoms with Gasteiger partial charge in [-0.05, 0) is 12.1 Å². The molecule has 0 atom stereocenters. The van der Waals surface area contributed by atoms with Crippen LogP contribution in [0.5, 0.6) is 0 Å². The number of anilines is 1. The second-order valence-electron chi connectivity index (χ2n) is 2.64. The van der Waals surface area contributed by atoms with Crippen molar-refractivity contribution in [2.24, 2.45) is 5.14 Å². The Hall–Kier alpha value is -0.780. The molecule has 0 fully saturated rings. The minimum Gasteiger partial charge on any atom is -0.257 e. The first kappa shape index (κ1) is 11.3. The maximum atomic E-state index is 11.2. The number of para-hydroxylation sites is 1. The van der Waals surface area contributed by atoms with Crippen LogP contribution in [0.25, 0.3) is 0 Å². The molecule has 0 aromatic heterocycles. The summed E-state index contributed by atoms with van der Waals surface area (Å²) < 4.78 is 23.4. The number of halogens is 1. The Bertz CT molecular complexity index is 380. The SMILES string of the molecule is NS(=O)(=O)N(CCCl)c1ccccc1. The van der Waals surface area contributed by atoms with Crippen LogP contribution in [0.4, 0.5) is 5.69 Å². The van der Waals surface area contributed by atoms with Crippen LogP contribution in [0.15, 0.2) is 30.3 Å². The van der Waals surface area contributed by atoms with E-state index in [9.17, 15) is 8.42 Å². The van der Waals surface area contributed by atoms with Crippen LogP contribution < -0.4 is 9.44 Å². The summed E-state index contributed by atoms with van der Waals surface area (Å²) in [6, 6.07) is 8.60. The third-order valence-corrected chi connectivity index (χ3v) is 2.82. The number of hydrogen-bond donors (Lipinski definition) is 1. The smallest absolute Gasteiger partial charge is 0.257 e. The van der Waals surface area contributed by atoms with Crippen molar-refractivity contribution in [3.05, 3.63) is 30.3 Å². The van der Waals surface area contributed by atoms with E-state index in [4.69, 9.17) is 16.7 Å². The fourth-order valence-electron chi connectivity index (χ4n) is 1.07. The fraction of sp³-hybridized carbons (Fsp3) is 0.250. The first-order valence-electron chi connectivity index (χ1n) is 3.97. The molecule has 4 nitrogen and oxygen atoms in total. The molecule has 0 heterocycles. The summed E-state index contributed by atoms with van der Waals surface area (Å²) in [5.74, 6) is 0.200. The lowest BCUT2D eigenvalue weighted by atomic mass is 10.3. The Labute approximate surface area is 88.5 Å². The average Bonchev–Trinajstić information content (AvgIpc) is 2.14. The van der Waals surface area contributed by atoms with Crippen molar-refractivity contribution in [3.8, 4) is 0 Å². The Morgan fingerprint density at radius 1 is 1.29 bits per heavy atom. The normalized spacial score (nSPS) is 11.3. The maximum Gasteiger partial charge on any atom is 0.299 e. The standard InChI is InChI=1S/C8H11ClN2O2S/c9-6-7-11(14(10,12)13)8-4-2-1-3-5-8/h1-5H,6-7H2,(H2,10,12,13). The predicted molar refractivity (Wildman–Crippen MR) is 57.6 cm³/mol. The van der Waals surface area contributed by atoms with Gasteiger partial charge in [0.2, 0.25) is 0 Å². The van der Waals surface area contributed by atoms with Crippen molar-refractivity contribution in [1.29, 1.82) is 0 Å². The van der Waals surface area contributed by atoms with Gasteiger partial charge < -0.3 is 0 Å². The van der Waals surface area contributed by atoms with Crippen LogP contribution >= 0.6 is 11.6 Å². The summed E-state index contributed by atoms with van der Waals surface area (Å²) >= 11 is 5.49. The number of nitrogens with two attached hydrogens (primary N) is 1. The van der Waals surface area contributed by atoms with E-state index in [-0.39, 0.29) is 12.4 Å². The van der Waals surface area contributed by atoms with Gasteiger partial charge in [0, 0.05) is 12.4 Å². The zero-order valence-corrected chi connectivity index (χ0v) is 9.00. The molecule has 1 aromatic rings. The van der Waals surface area contributed by atoms with Gasteiger partial charge in [0.05, 0.1) is 5.69 Å². The molecule has 1 aromatic carbocycles. The Kier molecular flexibility index (Phi) is 3.74. The van der Waals surface area contributed by atoms with E-state index >= 15 is 0 Å². The lowest BCUT2D eigenvalue weighted by molar-refractivity contribution is 0.593. The van der Waals surface area contributed by atoms with E-state index in [1.165, 1.54) is 0 Å². The van der Waals surface area contributed by atoms with E-state index in [1.54, 1.807) is 30.3 Å². The highest BCUT2D eigenvalue weighted by Gasteiger charge is 2.16. The average molecular weight is 235 g/mol. The van der Waals surface area contributed by atoms with Gasteiger partial charge in [-0.15, -0.1) is 11.6 Å². The molecule has 1 rings (SSSR count). The minimum absolute atomic E-state index is 0.171. The first-order chi connectivity index (χ1) is 6.55. The van der Waals surface area contributed by atoms with Gasteiger partial charge in [0.25, 0.3) is 10.2 Å². The summed E-state index contributed by atoms with van der Waals surface area (Å²) in [5.41, 5.74) is 0.524. The topological polar surface area (TPSA) is 63.4 Å². The Balaban J connectivity index is 3.02. The van der Waals surface area contributed by atoms with Crippen LogP contribution in [-0.2, 0) is 10.2 Å². The summed E-state index contributed by atoms with van der Waals surface area (Å²) in [7, 11) is -3.73. The van der Waals surface area contributed by atoms with E-state index in [1.807, 2.05) is 0 Å². The summed E-state index contributed by atoms with van der Waals surface area (Å²) in [6.07, 6.45) is 0. The molecular formula is C8H11ClN2O2S. The van der Waals surface area contributed by atoms with Crippen molar-refractivity contribution >= 4 is 27.5 Å². The number of rotatable bonds is 4. The number of hydrogen-bond acceptors (Lipinski definition) is 2. The van der Waals surface area contributed by atoms with Gasteiger partial charge in [0.15, 0.2) is 0 Å². The molecule has 0 saturated carbocycles. The van der Waals surface area contributed by atoms with Gasteiger partial charge in [-0.2, -0.15) is 8.42 Å². The molecule has 78 valence electrons. The third-order valence-electron chi connectivity index (χ3n) is 1.64. The molecule has 0 bridgehead atoms. The molecule has 0 radical (unpaired) electrons. The fourth-order valence-corrected chi connectivity index (χ4v) is 2.10. The highest BCUT2D eigenvalue weighted by Crippen LogP contribution is 2.14. The van der Waals surface area contributed by atoms with Crippen LogP contribution in [0.3, 0.4) is 0 Å². The van der Waals surface area contributed by atoms with Crippen molar-refractivity contribution in [1.82, 2.24) is 0 Å². The Morgan fingerprint density at radius 2 is 1.86 bits per heavy atom. The summed E-state index contributed by atoms with van der Waals surface area (Å²) in [4.78, 5) is 0. The highest BCUT2D eigenvalue weighted by atomic mass is 35.5. The second-order valence-corrected chi connectivity index (χ2v) is 4.49. The van der Waals surface area contributed by atoms with Crippen LogP contribution in [0.1, 0.15) is 0 Å². The molecule has 0 unspecified atom stereocenters. The molecule has 0 aliphatic carbocycles. The van der Waals surface area contributed by atoms with Crippen molar-refractivity contribution in [3.63, 3.8) is 0 Å². The minimum atomic E-state index is -3.73. The molecular weight excluding hydrogens is 224 g/mol. The molecule has 14 heavy (non-hydrogen) atoms. The second kappa shape index (κ2) is 4.63. The van der Waals surface area contributed by atoms with E-state index < -0.39 is 10.2 Å².